The molecule has 196 valence electrons. The van der Waals surface area contributed by atoms with Crippen LogP contribution in [0.15, 0.2) is 78.3 Å². The Kier molecular flexibility index (Phi) is 7.08. The number of nitrogens with one attached hydrogen (secondary N) is 1. The van der Waals surface area contributed by atoms with E-state index < -0.39 is 24.4 Å². The first-order valence-corrected chi connectivity index (χ1v) is 13.0. The molecule has 1 aliphatic heterocycles. The highest BCUT2D eigenvalue weighted by atomic mass is 16.7. The van der Waals surface area contributed by atoms with E-state index in [1.807, 2.05) is 82.3 Å². The zero-order valence-corrected chi connectivity index (χ0v) is 22.6. The smallest absolute Gasteiger partial charge is 0.492 e. The molecule has 1 aliphatic carbocycles. The van der Waals surface area contributed by atoms with Crippen molar-refractivity contribution in [3.8, 4) is 16.9 Å². The zero-order chi connectivity index (χ0) is 26.9. The normalized spacial score (nSPS) is 17.6. The summed E-state index contributed by atoms with van der Waals surface area (Å²) in [6.07, 6.45) is 1.46. The fourth-order valence-corrected chi connectivity index (χ4v) is 5.01. The Balaban J connectivity index is 1.31. The molecular weight excluding hydrogens is 477 g/mol. The molecule has 0 saturated carbocycles. The third kappa shape index (κ3) is 4.96. The first kappa shape index (κ1) is 26.1. The van der Waals surface area contributed by atoms with Gasteiger partial charge in [-0.05, 0) is 61.5 Å². The van der Waals surface area contributed by atoms with E-state index in [0.29, 0.717) is 0 Å². The predicted molar refractivity (Wildman–Crippen MR) is 150 cm³/mol. The lowest BCUT2D eigenvalue weighted by atomic mass is 9.77. The van der Waals surface area contributed by atoms with Crippen molar-refractivity contribution >= 4 is 19.3 Å². The molecule has 38 heavy (non-hydrogen) atoms. The molecule has 3 aromatic rings. The van der Waals surface area contributed by atoms with Gasteiger partial charge in [-0.25, -0.2) is 4.79 Å². The lowest BCUT2D eigenvalue weighted by Crippen LogP contribution is -2.41. The average Bonchev–Trinajstić information content (AvgIpc) is 3.34. The summed E-state index contributed by atoms with van der Waals surface area (Å²) in [6.45, 7) is 8.48. The maximum Gasteiger partial charge on any atom is 0.492 e. The number of benzene rings is 3. The van der Waals surface area contributed by atoms with Crippen molar-refractivity contribution in [3.63, 3.8) is 0 Å². The van der Waals surface area contributed by atoms with E-state index in [0.717, 1.165) is 16.8 Å². The van der Waals surface area contributed by atoms with Gasteiger partial charge in [0.25, 0.3) is 0 Å². The first-order valence-electron chi connectivity index (χ1n) is 13.0. The van der Waals surface area contributed by atoms with E-state index in [1.165, 1.54) is 22.3 Å². The number of carbonyl (C=O) groups is 1. The van der Waals surface area contributed by atoms with Gasteiger partial charge in [0, 0.05) is 18.0 Å². The lowest BCUT2D eigenvalue weighted by Gasteiger charge is -2.32. The number of hydrogen-bond acceptors (Lipinski definition) is 5. The summed E-state index contributed by atoms with van der Waals surface area (Å²) in [5.74, 6) is 0.725. The Hall–Kier alpha value is -3.55. The molecule has 1 N–H and O–H groups in total. The molecule has 0 spiro atoms. The zero-order valence-electron chi connectivity index (χ0n) is 22.6. The minimum atomic E-state index is -0.626. The Bertz CT molecular complexity index is 1300. The molecule has 0 atom stereocenters. The van der Waals surface area contributed by atoms with E-state index in [1.54, 1.807) is 7.11 Å². The van der Waals surface area contributed by atoms with E-state index in [9.17, 15) is 4.79 Å². The van der Waals surface area contributed by atoms with Gasteiger partial charge in [0.1, 0.15) is 12.4 Å². The van der Waals surface area contributed by atoms with Crippen molar-refractivity contribution in [2.24, 2.45) is 0 Å². The van der Waals surface area contributed by atoms with Crippen LogP contribution in [-0.2, 0) is 14.0 Å². The summed E-state index contributed by atoms with van der Waals surface area (Å²) in [5.41, 5.74) is 5.35. The second-order valence-corrected chi connectivity index (χ2v) is 10.7. The Morgan fingerprint density at radius 1 is 0.895 bits per heavy atom. The highest BCUT2D eigenvalue weighted by Gasteiger charge is 2.52. The van der Waals surface area contributed by atoms with Gasteiger partial charge < -0.3 is 24.1 Å². The molecule has 1 heterocycles. The molecule has 2 aliphatic rings. The number of ether oxygens (including phenoxy) is 2. The monoisotopic (exact) mass is 511 g/mol. The van der Waals surface area contributed by atoms with Gasteiger partial charge in [0.2, 0.25) is 0 Å². The van der Waals surface area contributed by atoms with Crippen molar-refractivity contribution < 1.29 is 23.6 Å². The molecule has 1 saturated heterocycles. The summed E-state index contributed by atoms with van der Waals surface area (Å²) in [5, 5.41) is 2.91. The number of rotatable bonds is 7. The minimum absolute atomic E-state index is 0.000149. The van der Waals surface area contributed by atoms with Crippen LogP contribution in [0.2, 0.25) is 0 Å². The average molecular weight is 511 g/mol. The van der Waals surface area contributed by atoms with Crippen LogP contribution < -0.4 is 10.1 Å². The highest BCUT2D eigenvalue weighted by molar-refractivity contribution is 6.56. The maximum absolute atomic E-state index is 12.9. The van der Waals surface area contributed by atoms with Crippen LogP contribution in [0.5, 0.6) is 5.75 Å². The van der Waals surface area contributed by atoms with Gasteiger partial charge in [-0.15, -0.1) is 0 Å². The van der Waals surface area contributed by atoms with Crippen molar-refractivity contribution in [3.05, 3.63) is 95.0 Å². The van der Waals surface area contributed by atoms with Crippen molar-refractivity contribution in [2.75, 3.05) is 20.3 Å². The molecule has 0 unspecified atom stereocenters. The van der Waals surface area contributed by atoms with Crippen LogP contribution in [-0.4, -0.2) is 44.7 Å². The molecule has 0 bridgehead atoms. The van der Waals surface area contributed by atoms with E-state index >= 15 is 0 Å². The van der Waals surface area contributed by atoms with Crippen LogP contribution >= 0.6 is 0 Å². The summed E-state index contributed by atoms with van der Waals surface area (Å²) >= 11 is 0. The molecule has 3 aromatic carbocycles. The van der Waals surface area contributed by atoms with Crippen molar-refractivity contribution in [2.45, 2.75) is 44.8 Å². The maximum atomic E-state index is 12.9. The molecule has 0 radical (unpaired) electrons. The summed E-state index contributed by atoms with van der Waals surface area (Å²) in [4.78, 5) is 12.9. The van der Waals surface area contributed by atoms with Crippen LogP contribution in [0.25, 0.3) is 17.2 Å². The Labute approximate surface area is 225 Å². The summed E-state index contributed by atoms with van der Waals surface area (Å²) < 4.78 is 23.9. The molecule has 0 aromatic heterocycles. The Morgan fingerprint density at radius 3 is 2.05 bits per heavy atom. The van der Waals surface area contributed by atoms with Gasteiger partial charge in [-0.1, -0.05) is 72.8 Å². The molecular formula is C31H34BNO5. The van der Waals surface area contributed by atoms with Gasteiger partial charge in [0.05, 0.1) is 18.3 Å². The molecule has 1 fully saturated rings. The molecule has 5 rings (SSSR count). The van der Waals surface area contributed by atoms with Gasteiger partial charge in [-0.2, -0.15) is 0 Å². The predicted octanol–water partition coefficient (Wildman–Crippen LogP) is 6.25. The number of methoxy groups -OCH3 is 1. The van der Waals surface area contributed by atoms with Gasteiger partial charge in [0.15, 0.2) is 0 Å². The third-order valence-electron chi connectivity index (χ3n) is 7.82. The van der Waals surface area contributed by atoms with Crippen LogP contribution in [0.4, 0.5) is 4.79 Å². The number of amides is 1. The van der Waals surface area contributed by atoms with E-state index in [4.69, 9.17) is 18.8 Å². The van der Waals surface area contributed by atoms with Gasteiger partial charge >= 0.3 is 13.2 Å². The first-order chi connectivity index (χ1) is 18.2. The van der Waals surface area contributed by atoms with Gasteiger partial charge in [-0.3, -0.25) is 0 Å². The number of fused-ring (bicyclic) bond motifs is 3. The topological polar surface area (TPSA) is 66.0 Å². The second-order valence-electron chi connectivity index (χ2n) is 10.7. The van der Waals surface area contributed by atoms with E-state index in [-0.39, 0.29) is 19.1 Å². The van der Waals surface area contributed by atoms with Crippen molar-refractivity contribution in [1.82, 2.24) is 5.32 Å². The Morgan fingerprint density at radius 2 is 1.45 bits per heavy atom. The number of alkyl carbamates (subject to hydrolysis) is 1. The van der Waals surface area contributed by atoms with Crippen molar-refractivity contribution in [1.29, 1.82) is 0 Å². The molecule has 6 nitrogen and oxygen atoms in total. The molecule has 7 heteroatoms. The SMILES string of the molecule is COc1ccccc1C=C(CNC(=O)OCC1c2ccccc2-c2ccccc21)B1OC(C)(C)C(C)(C)O1. The fraction of sp³-hybridized carbons (Fsp3) is 0.323. The largest absolute Gasteiger partial charge is 0.496 e. The number of para-hydroxylation sites is 1. The summed E-state index contributed by atoms with van der Waals surface area (Å²) in [7, 11) is 1.01. The quantitative estimate of drug-likeness (QED) is 0.380. The second kappa shape index (κ2) is 10.3. The third-order valence-corrected chi connectivity index (χ3v) is 7.82. The number of carbonyl (C=O) groups excluding carboxylic acids is 1. The minimum Gasteiger partial charge on any atom is -0.496 e. The highest BCUT2D eigenvalue weighted by Crippen LogP contribution is 2.44. The number of hydrogen-bond donors (Lipinski definition) is 1. The summed E-state index contributed by atoms with van der Waals surface area (Å²) in [6, 6.07) is 24.3. The van der Waals surface area contributed by atoms with Crippen LogP contribution in [0.3, 0.4) is 0 Å². The van der Waals surface area contributed by atoms with Crippen LogP contribution in [0.1, 0.15) is 50.3 Å². The van der Waals surface area contributed by atoms with E-state index in [2.05, 4.69) is 29.6 Å². The lowest BCUT2D eigenvalue weighted by molar-refractivity contribution is 0.00578. The standard InChI is InChI=1S/C31H34BNO5/c1-30(2)31(3,4)38-32(37-30)22(18-21-12-6-11-17-28(21)35-5)19-33-29(34)36-20-27-25-15-9-7-13-23(25)24-14-8-10-16-26(24)27/h6-18,27H,19-20H2,1-5H3,(H,33,34). The fourth-order valence-electron chi connectivity index (χ4n) is 5.01. The molecule has 1 amide bonds. The van der Waals surface area contributed by atoms with Crippen LogP contribution in [0, 0.1) is 0 Å².